The number of rotatable bonds is 6. The summed E-state index contributed by atoms with van der Waals surface area (Å²) in [7, 11) is 3.86. The molecule has 1 N–H and O–H groups in total. The van der Waals surface area contributed by atoms with E-state index >= 15 is 0 Å². The molecular weight excluding hydrogens is 278 g/mol. The average molecular weight is 302 g/mol. The molecule has 0 amide bonds. The zero-order valence-electron chi connectivity index (χ0n) is 12.9. The van der Waals surface area contributed by atoms with Gasteiger partial charge >= 0.3 is 5.69 Å². The fourth-order valence-corrected chi connectivity index (χ4v) is 2.55. The minimum absolute atomic E-state index is 0.172. The maximum absolute atomic E-state index is 12.6. The van der Waals surface area contributed by atoms with Gasteiger partial charge in [0.05, 0.1) is 11.6 Å². The van der Waals surface area contributed by atoms with Gasteiger partial charge in [0.1, 0.15) is 5.15 Å². The molecule has 6 heteroatoms. The summed E-state index contributed by atoms with van der Waals surface area (Å²) in [6, 6.07) is -0.172. The van der Waals surface area contributed by atoms with E-state index in [1.165, 1.54) is 4.57 Å². The maximum Gasteiger partial charge on any atom is 0.329 e. The Morgan fingerprint density at radius 3 is 2.35 bits per heavy atom. The zero-order valence-corrected chi connectivity index (χ0v) is 13.6. The fraction of sp³-hybridized carbons (Fsp3) is 0.714. The number of aromatic amines is 1. The third-order valence-corrected chi connectivity index (χ3v) is 3.65. The highest BCUT2D eigenvalue weighted by molar-refractivity contribution is 6.30. The number of likely N-dealkylation sites (N-methyl/N-ethyl adjacent to an activating group) is 1. The first-order valence-corrected chi connectivity index (χ1v) is 7.35. The lowest BCUT2D eigenvalue weighted by molar-refractivity contribution is 0.257. The smallest absolute Gasteiger partial charge is 0.307 e. The summed E-state index contributed by atoms with van der Waals surface area (Å²) in [5.41, 5.74) is -0.195. The monoisotopic (exact) mass is 301 g/mol. The van der Waals surface area contributed by atoms with Crippen molar-refractivity contribution >= 4 is 11.6 Å². The van der Waals surface area contributed by atoms with E-state index in [0.717, 1.165) is 6.42 Å². The van der Waals surface area contributed by atoms with Gasteiger partial charge < -0.3 is 4.90 Å². The highest BCUT2D eigenvalue weighted by atomic mass is 35.5. The summed E-state index contributed by atoms with van der Waals surface area (Å²) in [5.74, 6) is 0.173. The summed E-state index contributed by atoms with van der Waals surface area (Å²) in [6.07, 6.45) is 1.38. The van der Waals surface area contributed by atoms with Crippen molar-refractivity contribution in [2.45, 2.75) is 39.7 Å². The van der Waals surface area contributed by atoms with E-state index in [9.17, 15) is 9.59 Å². The van der Waals surface area contributed by atoms with Crippen LogP contribution < -0.4 is 11.2 Å². The molecule has 0 aromatic carbocycles. The van der Waals surface area contributed by atoms with Gasteiger partial charge in [-0.15, -0.1) is 0 Å². The zero-order chi connectivity index (χ0) is 15.4. The summed E-state index contributed by atoms with van der Waals surface area (Å²) < 4.78 is 1.32. The van der Waals surface area contributed by atoms with Gasteiger partial charge in [0, 0.05) is 6.54 Å². The first kappa shape index (κ1) is 17.0. The fourth-order valence-electron chi connectivity index (χ4n) is 2.29. The van der Waals surface area contributed by atoms with Gasteiger partial charge in [0.25, 0.3) is 5.56 Å². The van der Waals surface area contributed by atoms with Crippen molar-refractivity contribution in [3.8, 4) is 0 Å². The van der Waals surface area contributed by atoms with Gasteiger partial charge in [-0.2, -0.15) is 0 Å². The van der Waals surface area contributed by atoms with Gasteiger partial charge in [-0.1, -0.05) is 38.8 Å². The summed E-state index contributed by atoms with van der Waals surface area (Å²) in [5, 5.41) is 0.172. The molecule has 0 fully saturated rings. The normalized spacial score (nSPS) is 13.2. The van der Waals surface area contributed by atoms with E-state index in [1.807, 2.05) is 39.8 Å². The second-order valence-corrected chi connectivity index (χ2v) is 6.10. The Bertz CT molecular complexity index is 561. The molecule has 1 unspecified atom stereocenters. The first-order valence-electron chi connectivity index (χ1n) is 6.97. The van der Waals surface area contributed by atoms with Crippen molar-refractivity contribution in [3.63, 3.8) is 0 Å². The predicted molar refractivity (Wildman–Crippen MR) is 82.8 cm³/mol. The standard InChI is InChI=1S/C14H24ClN3O2/c1-6-7-10-12(15)16-14(20)18(13(10)19)11(9(2)3)8-17(4)5/h9,11H,6-8H2,1-5H3,(H,16,20). The minimum Gasteiger partial charge on any atom is -0.307 e. The summed E-state index contributed by atoms with van der Waals surface area (Å²) in [6.45, 7) is 6.63. The van der Waals surface area contributed by atoms with Crippen LogP contribution in [0.15, 0.2) is 9.59 Å². The number of halogens is 1. The molecule has 0 aliphatic rings. The molecule has 0 aliphatic carbocycles. The Morgan fingerprint density at radius 2 is 1.90 bits per heavy atom. The van der Waals surface area contributed by atoms with E-state index in [1.54, 1.807) is 0 Å². The molecule has 114 valence electrons. The van der Waals surface area contributed by atoms with Crippen LogP contribution in [0.1, 0.15) is 38.8 Å². The minimum atomic E-state index is -0.430. The van der Waals surface area contributed by atoms with Crippen LogP contribution in [0.25, 0.3) is 0 Å². The van der Waals surface area contributed by atoms with Crippen LogP contribution in [0.4, 0.5) is 0 Å². The van der Waals surface area contributed by atoms with E-state index in [4.69, 9.17) is 11.6 Å². The lowest BCUT2D eigenvalue weighted by Gasteiger charge is -2.26. The largest absolute Gasteiger partial charge is 0.329 e. The van der Waals surface area contributed by atoms with Gasteiger partial charge in [0.2, 0.25) is 0 Å². The van der Waals surface area contributed by atoms with Gasteiger partial charge in [0.15, 0.2) is 0 Å². The molecule has 1 aromatic heterocycles. The molecule has 1 aromatic rings. The van der Waals surface area contributed by atoms with Crippen LogP contribution in [0.2, 0.25) is 5.15 Å². The summed E-state index contributed by atoms with van der Waals surface area (Å²) in [4.78, 5) is 29.3. The number of H-pyrrole nitrogens is 1. The maximum atomic E-state index is 12.6. The lowest BCUT2D eigenvalue weighted by atomic mass is 10.0. The highest BCUT2D eigenvalue weighted by Crippen LogP contribution is 2.16. The van der Waals surface area contributed by atoms with Crippen LogP contribution >= 0.6 is 11.6 Å². The van der Waals surface area contributed by atoms with Crippen molar-refractivity contribution in [2.75, 3.05) is 20.6 Å². The van der Waals surface area contributed by atoms with Crippen molar-refractivity contribution in [3.05, 3.63) is 31.6 Å². The van der Waals surface area contributed by atoms with E-state index in [0.29, 0.717) is 18.5 Å². The molecular formula is C14H24ClN3O2. The molecule has 1 rings (SSSR count). The van der Waals surface area contributed by atoms with Crippen LogP contribution in [-0.2, 0) is 6.42 Å². The lowest BCUT2D eigenvalue weighted by Crippen LogP contribution is -2.44. The second-order valence-electron chi connectivity index (χ2n) is 5.72. The van der Waals surface area contributed by atoms with E-state index in [-0.39, 0.29) is 22.7 Å². The van der Waals surface area contributed by atoms with Crippen LogP contribution in [0.5, 0.6) is 0 Å². The Hall–Kier alpha value is -1.07. The van der Waals surface area contributed by atoms with Crippen molar-refractivity contribution in [2.24, 2.45) is 5.92 Å². The second kappa shape index (κ2) is 7.09. The number of hydrogen-bond donors (Lipinski definition) is 1. The van der Waals surface area contributed by atoms with Crippen molar-refractivity contribution in [1.82, 2.24) is 14.5 Å². The third kappa shape index (κ3) is 3.73. The van der Waals surface area contributed by atoms with Crippen LogP contribution in [-0.4, -0.2) is 35.1 Å². The number of nitrogens with one attached hydrogen (secondary N) is 1. The SMILES string of the molecule is CCCc1c(Cl)[nH]c(=O)n(C(CN(C)C)C(C)C)c1=O. The molecule has 5 nitrogen and oxygen atoms in total. The average Bonchev–Trinajstić information content (AvgIpc) is 2.32. The first-order chi connectivity index (χ1) is 9.29. The molecule has 20 heavy (non-hydrogen) atoms. The number of aromatic nitrogens is 2. The molecule has 0 saturated heterocycles. The molecule has 0 aliphatic heterocycles. The van der Waals surface area contributed by atoms with Gasteiger partial charge in [-0.3, -0.25) is 14.3 Å². The molecule has 1 atom stereocenters. The van der Waals surface area contributed by atoms with Crippen LogP contribution in [0, 0.1) is 5.92 Å². The molecule has 0 radical (unpaired) electrons. The molecule has 0 spiro atoms. The molecule has 1 heterocycles. The van der Waals surface area contributed by atoms with Crippen molar-refractivity contribution < 1.29 is 0 Å². The Morgan fingerprint density at radius 1 is 1.30 bits per heavy atom. The van der Waals surface area contributed by atoms with Crippen molar-refractivity contribution in [1.29, 1.82) is 0 Å². The highest BCUT2D eigenvalue weighted by Gasteiger charge is 2.22. The summed E-state index contributed by atoms with van der Waals surface area (Å²) >= 11 is 6.00. The van der Waals surface area contributed by atoms with Crippen LogP contribution in [0.3, 0.4) is 0 Å². The quantitative estimate of drug-likeness (QED) is 0.817. The van der Waals surface area contributed by atoms with E-state index < -0.39 is 5.69 Å². The number of nitrogens with zero attached hydrogens (tertiary/aromatic N) is 2. The molecule has 0 saturated carbocycles. The Labute approximate surface area is 124 Å². The van der Waals surface area contributed by atoms with Gasteiger partial charge in [-0.25, -0.2) is 4.79 Å². The number of hydrogen-bond acceptors (Lipinski definition) is 3. The Balaban J connectivity index is 3.45. The molecule has 0 bridgehead atoms. The predicted octanol–water partition coefficient (Wildman–Crippen LogP) is 1.90. The topological polar surface area (TPSA) is 58.1 Å². The van der Waals surface area contributed by atoms with Gasteiger partial charge in [-0.05, 0) is 26.4 Å². The third-order valence-electron chi connectivity index (χ3n) is 3.33. The Kier molecular flexibility index (Phi) is 6.02. The van der Waals surface area contributed by atoms with E-state index in [2.05, 4.69) is 4.98 Å².